The van der Waals surface area contributed by atoms with Crippen LogP contribution in [0.1, 0.15) is 124 Å². The van der Waals surface area contributed by atoms with Crippen LogP contribution in [0.5, 0.6) is 0 Å². The molecule has 2 radical (unpaired) electrons. The van der Waals surface area contributed by atoms with Gasteiger partial charge in [0, 0.05) is 21.4 Å². The summed E-state index contributed by atoms with van der Waals surface area (Å²) in [5.74, 6) is 1.12. The molecule has 2 aliphatic rings. The number of allylic oxidation sites excluding steroid dienone is 2. The molecule has 0 aromatic heterocycles. The molecule has 0 spiro atoms. The lowest BCUT2D eigenvalue weighted by Crippen LogP contribution is -2.08. The van der Waals surface area contributed by atoms with E-state index in [4.69, 9.17) is 0 Å². The van der Waals surface area contributed by atoms with Crippen molar-refractivity contribution in [2.24, 2.45) is 0 Å². The smallest absolute Gasteiger partial charge is 0.0397 e. The van der Waals surface area contributed by atoms with Crippen molar-refractivity contribution in [3.63, 3.8) is 0 Å². The van der Waals surface area contributed by atoms with E-state index in [1.54, 1.807) is 22.3 Å². The summed E-state index contributed by atoms with van der Waals surface area (Å²) >= 11 is 0. The van der Waals surface area contributed by atoms with E-state index < -0.39 is 0 Å². The van der Waals surface area contributed by atoms with E-state index in [0.717, 1.165) is 22.4 Å². The van der Waals surface area contributed by atoms with Gasteiger partial charge in [0.15, 0.2) is 0 Å². The Morgan fingerprint density at radius 1 is 0.447 bits per heavy atom. The lowest BCUT2D eigenvalue weighted by Gasteiger charge is -2.21. The highest BCUT2D eigenvalue weighted by molar-refractivity contribution is 6.36. The molecule has 0 nitrogen and oxygen atoms in total. The zero-order valence-corrected chi connectivity index (χ0v) is 30.4. The molecular formula is C46H54Si. The van der Waals surface area contributed by atoms with Crippen LogP contribution < -0.4 is 0 Å². The average Bonchev–Trinajstić information content (AvgIpc) is 3.64. The minimum absolute atomic E-state index is 0.560. The van der Waals surface area contributed by atoms with Gasteiger partial charge in [0.2, 0.25) is 0 Å². The van der Waals surface area contributed by atoms with Crippen LogP contribution in [-0.4, -0.2) is 9.52 Å². The summed E-state index contributed by atoms with van der Waals surface area (Å²) in [7, 11) is 0.947. The van der Waals surface area contributed by atoms with Crippen LogP contribution in [0, 0.1) is 0 Å². The Kier molecular flexibility index (Phi) is 11.5. The fraction of sp³-hybridized carbons (Fsp3) is 0.391. The van der Waals surface area contributed by atoms with E-state index in [1.165, 1.54) is 108 Å². The van der Waals surface area contributed by atoms with Crippen molar-refractivity contribution in [3.8, 4) is 22.3 Å². The number of hydrogen-bond donors (Lipinski definition) is 0. The Bertz CT molecular complexity index is 1590. The molecule has 0 heterocycles. The molecule has 0 fully saturated rings. The highest BCUT2D eigenvalue weighted by atomic mass is 28.2. The molecule has 0 saturated heterocycles. The third kappa shape index (κ3) is 7.21. The van der Waals surface area contributed by atoms with E-state index in [1.807, 2.05) is 0 Å². The second kappa shape index (κ2) is 16.1. The van der Waals surface area contributed by atoms with Gasteiger partial charge in [-0.1, -0.05) is 174 Å². The zero-order valence-electron chi connectivity index (χ0n) is 29.4. The van der Waals surface area contributed by atoms with Crippen LogP contribution in [0.15, 0.2) is 96.1 Å². The second-order valence-corrected chi connectivity index (χ2v) is 15.2. The van der Waals surface area contributed by atoms with Crippen molar-refractivity contribution in [2.45, 2.75) is 116 Å². The summed E-state index contributed by atoms with van der Waals surface area (Å²) in [6.07, 6.45) is 17.4. The maximum atomic E-state index is 2.61. The molecule has 0 N–H and O–H groups in total. The summed E-state index contributed by atoms with van der Waals surface area (Å²) < 4.78 is 0. The summed E-state index contributed by atoms with van der Waals surface area (Å²) in [6, 6.07) is 35.1. The van der Waals surface area contributed by atoms with Gasteiger partial charge in [-0.25, -0.2) is 0 Å². The molecule has 2 unspecified atom stereocenters. The third-order valence-electron chi connectivity index (χ3n) is 10.6. The van der Waals surface area contributed by atoms with Crippen LogP contribution in [0.25, 0.3) is 34.4 Å². The summed E-state index contributed by atoms with van der Waals surface area (Å²) in [6.45, 7) is 9.26. The van der Waals surface area contributed by atoms with E-state index in [-0.39, 0.29) is 0 Å². The number of unbranched alkanes of at least 4 members (excludes halogenated alkanes) is 2. The van der Waals surface area contributed by atoms with Gasteiger partial charge >= 0.3 is 0 Å². The van der Waals surface area contributed by atoms with Crippen LogP contribution in [0.2, 0.25) is 12.1 Å². The van der Waals surface area contributed by atoms with Crippen LogP contribution >= 0.6 is 0 Å². The van der Waals surface area contributed by atoms with Gasteiger partial charge in [-0.2, -0.15) is 0 Å². The van der Waals surface area contributed by atoms with Crippen molar-refractivity contribution in [3.05, 3.63) is 129 Å². The van der Waals surface area contributed by atoms with Gasteiger partial charge in [0.05, 0.1) is 0 Å². The molecule has 0 bridgehead atoms. The zero-order chi connectivity index (χ0) is 32.6. The molecule has 0 saturated carbocycles. The number of fused-ring (bicyclic) bond motifs is 2. The van der Waals surface area contributed by atoms with Crippen LogP contribution in [0.3, 0.4) is 0 Å². The Balaban J connectivity index is 1.28. The molecule has 0 amide bonds. The van der Waals surface area contributed by atoms with Crippen LogP contribution in [0.4, 0.5) is 0 Å². The maximum absolute atomic E-state index is 2.61. The first-order chi connectivity index (χ1) is 23.2. The predicted molar refractivity (Wildman–Crippen MR) is 208 cm³/mol. The second-order valence-electron chi connectivity index (χ2n) is 13.8. The summed E-state index contributed by atoms with van der Waals surface area (Å²) in [4.78, 5) is 0. The number of benzene rings is 4. The largest absolute Gasteiger partial charge is 0.0654 e. The van der Waals surface area contributed by atoms with Gasteiger partial charge in [-0.3, -0.25) is 0 Å². The van der Waals surface area contributed by atoms with E-state index in [9.17, 15) is 0 Å². The third-order valence-corrected chi connectivity index (χ3v) is 12.0. The first-order valence-electron chi connectivity index (χ1n) is 18.7. The Hall–Kier alpha value is -3.42. The molecule has 242 valence electrons. The SMILES string of the molecule is CCCCC1=Cc2c(-c3ccccc3CCC)cccc2C1C[Si]CC1C(CCCC)=Cc2c(-c3ccccc3CCC)cccc21. The lowest BCUT2D eigenvalue weighted by molar-refractivity contribution is 0.730. The fourth-order valence-corrected chi connectivity index (χ4v) is 9.89. The molecule has 4 aromatic carbocycles. The fourth-order valence-electron chi connectivity index (χ4n) is 8.19. The predicted octanol–water partition coefficient (Wildman–Crippen LogP) is 13.5. The monoisotopic (exact) mass is 634 g/mol. The number of hydrogen-bond acceptors (Lipinski definition) is 0. The minimum atomic E-state index is 0.560. The van der Waals surface area contributed by atoms with E-state index in [0.29, 0.717) is 11.8 Å². The van der Waals surface area contributed by atoms with Gasteiger partial charge in [0.1, 0.15) is 0 Å². The van der Waals surface area contributed by atoms with Crippen molar-refractivity contribution >= 4 is 21.7 Å². The maximum Gasteiger partial charge on any atom is 0.0397 e. The molecule has 6 rings (SSSR count). The normalized spacial score (nSPS) is 16.6. The molecule has 2 aliphatic carbocycles. The number of aryl methyl sites for hydroxylation is 2. The Labute approximate surface area is 288 Å². The van der Waals surface area contributed by atoms with Gasteiger partial charge in [-0.05, 0) is 94.2 Å². The molecular weight excluding hydrogens is 581 g/mol. The lowest BCUT2D eigenvalue weighted by atomic mass is 9.89. The summed E-state index contributed by atoms with van der Waals surface area (Å²) in [5.41, 5.74) is 18.2. The quantitative estimate of drug-likeness (QED) is 0.108. The first-order valence-corrected chi connectivity index (χ1v) is 20.1. The van der Waals surface area contributed by atoms with Gasteiger partial charge in [0.25, 0.3) is 0 Å². The Morgan fingerprint density at radius 2 is 0.872 bits per heavy atom. The molecule has 2 atom stereocenters. The van der Waals surface area contributed by atoms with E-state index >= 15 is 0 Å². The van der Waals surface area contributed by atoms with Gasteiger partial charge < -0.3 is 0 Å². The van der Waals surface area contributed by atoms with Crippen molar-refractivity contribution in [1.29, 1.82) is 0 Å². The molecule has 0 aliphatic heterocycles. The highest BCUT2D eigenvalue weighted by Crippen LogP contribution is 2.48. The number of rotatable bonds is 16. The highest BCUT2D eigenvalue weighted by Gasteiger charge is 2.30. The van der Waals surface area contributed by atoms with Gasteiger partial charge in [-0.15, -0.1) is 0 Å². The van der Waals surface area contributed by atoms with Crippen molar-refractivity contribution < 1.29 is 0 Å². The molecule has 47 heavy (non-hydrogen) atoms. The standard InChI is InChI=1S/C46H54Si/c1-5-9-19-35-29-43-39(37-23-13-11-21-33(37)17-7-3)25-15-27-41(43)45(35)31-47-32-46-36(20-10-6-2)30-44-40(26-16-28-42(44)46)38-24-14-12-22-34(38)18-8-4/h11-16,21-30,45-46H,5-10,17-20,31-32H2,1-4H3. The molecule has 1 heteroatoms. The van der Waals surface area contributed by atoms with Crippen molar-refractivity contribution in [1.82, 2.24) is 0 Å². The molecule has 4 aromatic rings. The first kappa shape index (κ1) is 33.5. The topological polar surface area (TPSA) is 0 Å². The van der Waals surface area contributed by atoms with Crippen molar-refractivity contribution in [2.75, 3.05) is 0 Å². The summed E-state index contributed by atoms with van der Waals surface area (Å²) in [5, 5.41) is 0. The van der Waals surface area contributed by atoms with E-state index in [2.05, 4.69) is 125 Å². The Morgan fingerprint density at radius 3 is 1.30 bits per heavy atom. The minimum Gasteiger partial charge on any atom is -0.0654 e. The average molecular weight is 635 g/mol. The van der Waals surface area contributed by atoms with Crippen LogP contribution in [-0.2, 0) is 12.8 Å².